The highest BCUT2D eigenvalue weighted by Gasteiger charge is 2.21. The van der Waals surface area contributed by atoms with Gasteiger partial charge in [-0.05, 0) is 30.5 Å². The number of hydrogen-bond donors (Lipinski definition) is 2. The summed E-state index contributed by atoms with van der Waals surface area (Å²) in [6.45, 7) is 3.42. The Morgan fingerprint density at radius 3 is 2.88 bits per heavy atom. The number of aromatic nitrogens is 1. The van der Waals surface area contributed by atoms with Crippen molar-refractivity contribution < 1.29 is 4.74 Å². The number of pyridine rings is 1. The van der Waals surface area contributed by atoms with E-state index in [0.717, 1.165) is 42.2 Å². The standard InChI is InChI=1S/C20H25N5O/c21-20(24-17-9-12-26-18-6-2-1-5-16(17)18)23-14-15-7-8-19(22-13-15)25-10-3-4-11-25/h1-2,5-8,13,17H,3-4,9-12,14H2,(H3,21,23,24). The van der Waals surface area contributed by atoms with Crippen LogP contribution in [0.3, 0.4) is 0 Å². The molecule has 6 nitrogen and oxygen atoms in total. The van der Waals surface area contributed by atoms with E-state index in [1.165, 1.54) is 12.8 Å². The third-order valence-corrected chi connectivity index (χ3v) is 4.95. The van der Waals surface area contributed by atoms with Crippen LogP contribution in [-0.4, -0.2) is 30.6 Å². The lowest BCUT2D eigenvalue weighted by molar-refractivity contribution is 0.262. The Hall–Kier alpha value is -2.76. The van der Waals surface area contributed by atoms with Gasteiger partial charge in [-0.3, -0.25) is 0 Å². The molecule has 1 atom stereocenters. The van der Waals surface area contributed by atoms with E-state index < -0.39 is 0 Å². The number of nitrogens with zero attached hydrogens (tertiary/aromatic N) is 3. The minimum Gasteiger partial charge on any atom is -0.493 e. The number of guanidine groups is 1. The summed E-state index contributed by atoms with van der Waals surface area (Å²) in [7, 11) is 0. The first-order chi connectivity index (χ1) is 12.8. The Balaban J connectivity index is 1.37. The molecule has 1 unspecified atom stereocenters. The van der Waals surface area contributed by atoms with Gasteiger partial charge in [-0.25, -0.2) is 9.98 Å². The van der Waals surface area contributed by atoms with Gasteiger partial charge < -0.3 is 20.7 Å². The number of benzene rings is 1. The van der Waals surface area contributed by atoms with Gasteiger partial charge in [-0.2, -0.15) is 0 Å². The van der Waals surface area contributed by atoms with E-state index in [1.807, 2.05) is 24.4 Å². The van der Waals surface area contributed by atoms with Gasteiger partial charge in [0.25, 0.3) is 0 Å². The quantitative estimate of drug-likeness (QED) is 0.654. The van der Waals surface area contributed by atoms with Crippen LogP contribution in [0.5, 0.6) is 5.75 Å². The van der Waals surface area contributed by atoms with Crippen LogP contribution in [0.4, 0.5) is 5.82 Å². The predicted molar refractivity (Wildman–Crippen MR) is 103 cm³/mol. The van der Waals surface area contributed by atoms with E-state index in [9.17, 15) is 0 Å². The van der Waals surface area contributed by atoms with Crippen LogP contribution >= 0.6 is 0 Å². The molecule has 4 rings (SSSR count). The maximum Gasteiger partial charge on any atom is 0.189 e. The molecule has 2 aromatic rings. The monoisotopic (exact) mass is 351 g/mol. The summed E-state index contributed by atoms with van der Waals surface area (Å²) in [5, 5.41) is 3.32. The largest absolute Gasteiger partial charge is 0.493 e. The van der Waals surface area contributed by atoms with Crippen LogP contribution in [-0.2, 0) is 6.54 Å². The van der Waals surface area contributed by atoms with Crippen LogP contribution in [0.15, 0.2) is 47.6 Å². The highest BCUT2D eigenvalue weighted by Crippen LogP contribution is 2.31. The fourth-order valence-electron chi connectivity index (χ4n) is 3.54. The van der Waals surface area contributed by atoms with Crippen molar-refractivity contribution in [1.29, 1.82) is 0 Å². The maximum atomic E-state index is 6.11. The van der Waals surface area contributed by atoms with E-state index >= 15 is 0 Å². The number of rotatable bonds is 4. The zero-order chi connectivity index (χ0) is 17.8. The molecule has 1 saturated heterocycles. The minimum atomic E-state index is 0.138. The van der Waals surface area contributed by atoms with Crippen LogP contribution < -0.4 is 20.7 Å². The van der Waals surface area contributed by atoms with Crippen LogP contribution in [0, 0.1) is 0 Å². The molecule has 0 radical (unpaired) electrons. The lowest BCUT2D eigenvalue weighted by atomic mass is 10.0. The number of fused-ring (bicyclic) bond motifs is 1. The molecule has 3 heterocycles. The van der Waals surface area contributed by atoms with Crippen molar-refractivity contribution in [3.63, 3.8) is 0 Å². The van der Waals surface area contributed by atoms with Crippen LogP contribution in [0.1, 0.15) is 36.4 Å². The Morgan fingerprint density at radius 2 is 2.08 bits per heavy atom. The Morgan fingerprint density at radius 1 is 1.23 bits per heavy atom. The van der Waals surface area contributed by atoms with Crippen molar-refractivity contribution in [3.8, 4) is 5.75 Å². The first-order valence-corrected chi connectivity index (χ1v) is 9.28. The van der Waals surface area contributed by atoms with Gasteiger partial charge in [0.1, 0.15) is 11.6 Å². The van der Waals surface area contributed by atoms with E-state index in [1.54, 1.807) is 0 Å². The van der Waals surface area contributed by atoms with Gasteiger partial charge in [0.2, 0.25) is 0 Å². The average molecular weight is 351 g/mol. The molecule has 0 spiro atoms. The number of aliphatic imine (C=N–C) groups is 1. The van der Waals surface area contributed by atoms with Gasteiger partial charge >= 0.3 is 0 Å². The first kappa shape index (κ1) is 16.7. The lowest BCUT2D eigenvalue weighted by Crippen LogP contribution is -2.37. The molecule has 3 N–H and O–H groups in total. The molecule has 26 heavy (non-hydrogen) atoms. The van der Waals surface area contributed by atoms with E-state index in [0.29, 0.717) is 19.1 Å². The molecule has 2 aliphatic rings. The van der Waals surface area contributed by atoms with Crippen LogP contribution in [0.2, 0.25) is 0 Å². The Bertz CT molecular complexity index is 768. The summed E-state index contributed by atoms with van der Waals surface area (Å²) in [5.41, 5.74) is 8.30. The summed E-state index contributed by atoms with van der Waals surface area (Å²) in [4.78, 5) is 11.4. The minimum absolute atomic E-state index is 0.138. The first-order valence-electron chi connectivity index (χ1n) is 9.28. The van der Waals surface area contributed by atoms with Gasteiger partial charge in [0.15, 0.2) is 5.96 Å². The van der Waals surface area contributed by atoms with Crippen LogP contribution in [0.25, 0.3) is 0 Å². The van der Waals surface area contributed by atoms with E-state index in [2.05, 4.69) is 38.4 Å². The molecule has 136 valence electrons. The summed E-state index contributed by atoms with van der Waals surface area (Å²) in [5.74, 6) is 2.43. The number of nitrogens with one attached hydrogen (secondary N) is 1. The molecule has 6 heteroatoms. The number of ether oxygens (including phenoxy) is 1. The second kappa shape index (κ2) is 7.64. The van der Waals surface area contributed by atoms with Crippen molar-refractivity contribution in [1.82, 2.24) is 10.3 Å². The second-order valence-corrected chi connectivity index (χ2v) is 6.79. The summed E-state index contributed by atoms with van der Waals surface area (Å²) < 4.78 is 5.68. The average Bonchev–Trinajstić information content (AvgIpc) is 3.22. The van der Waals surface area contributed by atoms with Crippen molar-refractivity contribution in [2.75, 3.05) is 24.6 Å². The maximum absolute atomic E-state index is 6.11. The normalized spacial score (nSPS) is 19.8. The number of para-hydroxylation sites is 1. The molecule has 0 amide bonds. The third kappa shape index (κ3) is 3.74. The smallest absolute Gasteiger partial charge is 0.189 e. The van der Waals surface area contributed by atoms with Gasteiger partial charge in [0, 0.05) is 31.3 Å². The SMILES string of the molecule is NC(=NCc1ccc(N2CCCC2)nc1)NC1CCOc2ccccc21. The Labute approximate surface area is 154 Å². The number of hydrogen-bond acceptors (Lipinski definition) is 4. The number of anilines is 1. The molecule has 0 saturated carbocycles. The molecule has 1 fully saturated rings. The highest BCUT2D eigenvalue weighted by atomic mass is 16.5. The number of nitrogens with two attached hydrogens (primary N) is 1. The molecular weight excluding hydrogens is 326 g/mol. The third-order valence-electron chi connectivity index (χ3n) is 4.95. The molecule has 0 aliphatic carbocycles. The van der Waals surface area contributed by atoms with Crippen molar-refractivity contribution in [2.24, 2.45) is 10.7 Å². The predicted octanol–water partition coefficient (Wildman–Crippen LogP) is 2.61. The highest BCUT2D eigenvalue weighted by molar-refractivity contribution is 5.78. The van der Waals surface area contributed by atoms with E-state index in [-0.39, 0.29) is 6.04 Å². The van der Waals surface area contributed by atoms with E-state index in [4.69, 9.17) is 10.5 Å². The summed E-state index contributed by atoms with van der Waals surface area (Å²) in [6, 6.07) is 12.4. The Kier molecular flexibility index (Phi) is 4.91. The fourth-order valence-corrected chi connectivity index (χ4v) is 3.54. The molecule has 2 aliphatic heterocycles. The second-order valence-electron chi connectivity index (χ2n) is 6.79. The lowest BCUT2D eigenvalue weighted by Gasteiger charge is -2.26. The molecule has 1 aromatic carbocycles. The zero-order valence-corrected chi connectivity index (χ0v) is 14.9. The molecular formula is C20H25N5O. The summed E-state index contributed by atoms with van der Waals surface area (Å²) >= 11 is 0. The fraction of sp³-hybridized carbons (Fsp3) is 0.400. The summed E-state index contributed by atoms with van der Waals surface area (Å²) in [6.07, 6.45) is 5.28. The van der Waals surface area contributed by atoms with Crippen molar-refractivity contribution >= 4 is 11.8 Å². The van der Waals surface area contributed by atoms with Gasteiger partial charge in [0.05, 0.1) is 19.2 Å². The topological polar surface area (TPSA) is 75.8 Å². The van der Waals surface area contributed by atoms with Gasteiger partial charge in [-0.1, -0.05) is 24.3 Å². The van der Waals surface area contributed by atoms with Gasteiger partial charge in [-0.15, -0.1) is 0 Å². The molecule has 1 aromatic heterocycles. The zero-order valence-electron chi connectivity index (χ0n) is 14.9. The van der Waals surface area contributed by atoms with Crippen molar-refractivity contribution in [3.05, 3.63) is 53.7 Å². The van der Waals surface area contributed by atoms with Crippen molar-refractivity contribution in [2.45, 2.75) is 31.8 Å². The molecule has 0 bridgehead atoms.